The van der Waals surface area contributed by atoms with E-state index in [9.17, 15) is 13.2 Å². The average Bonchev–Trinajstić information content (AvgIpc) is 1.99. The smallest absolute Gasteiger partial charge is 0.320 e. The molecule has 0 spiro atoms. The second kappa shape index (κ2) is 4.94. The van der Waals surface area contributed by atoms with E-state index in [1.54, 1.807) is 0 Å². The minimum absolute atomic E-state index is 0.0851. The summed E-state index contributed by atoms with van der Waals surface area (Å²) in [6.07, 6.45) is 3.74. The topological polar surface area (TPSA) is 83.5 Å². The molecule has 0 amide bonds. The highest BCUT2D eigenvalue weighted by atomic mass is 32.2. The third kappa shape index (κ3) is 4.61. The quantitative estimate of drug-likeness (QED) is 0.746. The molecule has 6 heteroatoms. The van der Waals surface area contributed by atoms with E-state index < -0.39 is 21.7 Å². The summed E-state index contributed by atoms with van der Waals surface area (Å²) in [4.78, 5) is 10.3. The van der Waals surface area contributed by atoms with Gasteiger partial charge in [-0.15, -0.1) is 0 Å². The van der Waals surface area contributed by atoms with Gasteiger partial charge in [0.15, 0.2) is 5.75 Å². The van der Waals surface area contributed by atoms with E-state index in [1.807, 2.05) is 0 Å². The lowest BCUT2D eigenvalue weighted by Crippen LogP contribution is -2.40. The number of aliphatic carboxylic acids is 1. The average molecular weight is 235 g/mol. The van der Waals surface area contributed by atoms with Crippen LogP contribution in [0.3, 0.4) is 0 Å². The van der Waals surface area contributed by atoms with Crippen molar-refractivity contribution in [3.05, 3.63) is 0 Å². The number of carbonyl (C=O) groups is 1. The Morgan fingerprint density at radius 1 is 1.47 bits per heavy atom. The Bertz CT molecular complexity index is 325. The molecule has 0 aromatic heterocycles. The Morgan fingerprint density at radius 2 is 2.13 bits per heavy atom. The maximum absolute atomic E-state index is 11.3. The minimum Gasteiger partial charge on any atom is -0.480 e. The van der Waals surface area contributed by atoms with Crippen LogP contribution in [0, 0.1) is 5.92 Å². The number of carboxylic acids is 1. The highest BCUT2D eigenvalue weighted by molar-refractivity contribution is 7.90. The van der Waals surface area contributed by atoms with Crippen LogP contribution in [-0.2, 0) is 14.8 Å². The van der Waals surface area contributed by atoms with Crippen LogP contribution in [0.15, 0.2) is 0 Å². The van der Waals surface area contributed by atoms with Gasteiger partial charge >= 0.3 is 5.97 Å². The number of carboxylic acid groups (broad SMARTS) is 1. The Kier molecular flexibility index (Phi) is 4.10. The van der Waals surface area contributed by atoms with Gasteiger partial charge in [0, 0.05) is 6.04 Å². The van der Waals surface area contributed by atoms with Crippen LogP contribution in [0.1, 0.15) is 32.6 Å². The number of hydrogen-bond acceptors (Lipinski definition) is 3. The summed E-state index contributed by atoms with van der Waals surface area (Å²) in [5.74, 6) is -1.64. The lowest BCUT2D eigenvalue weighted by molar-refractivity contribution is -0.134. The van der Waals surface area contributed by atoms with Crippen molar-refractivity contribution in [2.45, 2.75) is 38.6 Å². The summed E-state index contributed by atoms with van der Waals surface area (Å²) < 4.78 is 25.1. The molecule has 2 N–H and O–H groups in total. The fraction of sp³-hybridized carbons (Fsp3) is 0.889. The predicted octanol–water partition coefficient (Wildman–Crippen LogP) is 0.569. The van der Waals surface area contributed by atoms with Gasteiger partial charge in [-0.25, -0.2) is 13.1 Å². The van der Waals surface area contributed by atoms with Crippen LogP contribution in [-0.4, -0.2) is 31.3 Å². The van der Waals surface area contributed by atoms with Crippen molar-refractivity contribution in [3.63, 3.8) is 0 Å². The molecule has 0 bridgehead atoms. The molecule has 15 heavy (non-hydrogen) atoms. The van der Waals surface area contributed by atoms with Gasteiger partial charge < -0.3 is 5.11 Å². The first-order valence-electron chi connectivity index (χ1n) is 5.11. The van der Waals surface area contributed by atoms with Gasteiger partial charge in [0.2, 0.25) is 10.0 Å². The molecule has 0 heterocycles. The normalized spacial score (nSPS) is 27.5. The summed E-state index contributed by atoms with van der Waals surface area (Å²) in [7, 11) is -3.65. The fourth-order valence-electron chi connectivity index (χ4n) is 2.00. The van der Waals surface area contributed by atoms with Crippen molar-refractivity contribution < 1.29 is 18.3 Å². The van der Waals surface area contributed by atoms with Crippen LogP contribution in [0.25, 0.3) is 0 Å². The molecule has 1 aliphatic rings. The van der Waals surface area contributed by atoms with E-state index in [-0.39, 0.29) is 6.04 Å². The molecule has 0 aliphatic heterocycles. The Hall–Kier alpha value is -0.620. The van der Waals surface area contributed by atoms with Crippen molar-refractivity contribution in [2.24, 2.45) is 5.92 Å². The maximum Gasteiger partial charge on any atom is 0.320 e. The molecule has 0 saturated heterocycles. The number of rotatable bonds is 4. The van der Waals surface area contributed by atoms with Crippen LogP contribution in [0.5, 0.6) is 0 Å². The van der Waals surface area contributed by atoms with Gasteiger partial charge in [-0.3, -0.25) is 4.79 Å². The minimum atomic E-state index is -3.65. The monoisotopic (exact) mass is 235 g/mol. The molecule has 1 saturated carbocycles. The molecule has 0 aromatic carbocycles. The molecule has 0 radical (unpaired) electrons. The van der Waals surface area contributed by atoms with Crippen molar-refractivity contribution in [2.75, 3.05) is 5.75 Å². The zero-order chi connectivity index (χ0) is 11.5. The van der Waals surface area contributed by atoms with E-state index in [4.69, 9.17) is 5.11 Å². The summed E-state index contributed by atoms with van der Waals surface area (Å²) in [5, 5.41) is 8.41. The summed E-state index contributed by atoms with van der Waals surface area (Å²) in [5.41, 5.74) is 0. The van der Waals surface area contributed by atoms with E-state index in [2.05, 4.69) is 11.6 Å². The molecule has 1 rings (SSSR count). The van der Waals surface area contributed by atoms with E-state index >= 15 is 0 Å². The van der Waals surface area contributed by atoms with Crippen molar-refractivity contribution in [3.8, 4) is 0 Å². The highest BCUT2D eigenvalue weighted by Crippen LogP contribution is 2.23. The molecule has 1 aliphatic carbocycles. The Morgan fingerprint density at radius 3 is 2.67 bits per heavy atom. The lowest BCUT2D eigenvalue weighted by Gasteiger charge is -2.26. The van der Waals surface area contributed by atoms with Gasteiger partial charge in [0.1, 0.15) is 0 Å². The fourth-order valence-corrected chi connectivity index (χ4v) is 3.13. The lowest BCUT2D eigenvalue weighted by atomic mass is 9.88. The second-order valence-electron chi connectivity index (χ2n) is 4.24. The van der Waals surface area contributed by atoms with E-state index in [1.165, 1.54) is 0 Å². The predicted molar refractivity (Wildman–Crippen MR) is 56.0 cm³/mol. The summed E-state index contributed by atoms with van der Waals surface area (Å²) in [6.45, 7) is 2.08. The van der Waals surface area contributed by atoms with E-state index in [0.717, 1.165) is 25.7 Å². The first-order valence-corrected chi connectivity index (χ1v) is 6.76. The van der Waals surface area contributed by atoms with Crippen molar-refractivity contribution >= 4 is 16.0 Å². The van der Waals surface area contributed by atoms with Crippen molar-refractivity contribution in [1.29, 1.82) is 0 Å². The molecule has 2 atom stereocenters. The second-order valence-corrected chi connectivity index (χ2v) is 5.99. The van der Waals surface area contributed by atoms with Crippen LogP contribution >= 0.6 is 0 Å². The van der Waals surface area contributed by atoms with Crippen LogP contribution in [0.2, 0.25) is 0 Å². The maximum atomic E-state index is 11.3. The van der Waals surface area contributed by atoms with Gasteiger partial charge in [-0.05, 0) is 18.8 Å². The summed E-state index contributed by atoms with van der Waals surface area (Å²) >= 11 is 0. The third-order valence-corrected chi connectivity index (χ3v) is 3.92. The zero-order valence-electron chi connectivity index (χ0n) is 8.77. The van der Waals surface area contributed by atoms with Gasteiger partial charge in [0.25, 0.3) is 0 Å². The number of sulfonamides is 1. The van der Waals surface area contributed by atoms with Crippen LogP contribution < -0.4 is 4.72 Å². The van der Waals surface area contributed by atoms with Crippen LogP contribution in [0.4, 0.5) is 0 Å². The molecule has 0 aromatic rings. The largest absolute Gasteiger partial charge is 0.480 e. The number of hydrogen-bond donors (Lipinski definition) is 2. The number of nitrogens with one attached hydrogen (secondary N) is 1. The van der Waals surface area contributed by atoms with E-state index in [0.29, 0.717) is 5.92 Å². The molecule has 88 valence electrons. The SMILES string of the molecule is CC1CCCC(NS(=O)(=O)CC(=O)O)C1. The first-order chi connectivity index (χ1) is 6.89. The zero-order valence-corrected chi connectivity index (χ0v) is 9.59. The van der Waals surface area contributed by atoms with Gasteiger partial charge in [-0.1, -0.05) is 19.8 Å². The third-order valence-electron chi connectivity index (χ3n) is 2.60. The Balaban J connectivity index is 2.49. The highest BCUT2D eigenvalue weighted by Gasteiger charge is 2.24. The molecular formula is C9H17NO4S. The molecular weight excluding hydrogens is 218 g/mol. The van der Waals surface area contributed by atoms with Gasteiger partial charge in [-0.2, -0.15) is 0 Å². The summed E-state index contributed by atoms with van der Waals surface area (Å²) in [6, 6.07) is -0.0851. The first kappa shape index (κ1) is 12.4. The molecule has 1 fully saturated rings. The molecule has 5 nitrogen and oxygen atoms in total. The molecule has 2 unspecified atom stereocenters. The van der Waals surface area contributed by atoms with Crippen molar-refractivity contribution in [1.82, 2.24) is 4.72 Å². The Labute approximate surface area is 89.9 Å². The van der Waals surface area contributed by atoms with Gasteiger partial charge in [0.05, 0.1) is 0 Å². The standard InChI is InChI=1S/C9H17NO4S/c1-7-3-2-4-8(5-7)10-15(13,14)6-9(11)12/h7-8,10H,2-6H2,1H3,(H,11,12).